The molecule has 1 aliphatic heterocycles. The van der Waals surface area contributed by atoms with Crippen molar-refractivity contribution in [1.29, 1.82) is 0 Å². The lowest BCUT2D eigenvalue weighted by atomic mass is 10.0. The van der Waals surface area contributed by atoms with Crippen molar-refractivity contribution in [3.05, 3.63) is 22.4 Å². The molecule has 4 nitrogen and oxygen atoms in total. The molecule has 1 aromatic heterocycles. The van der Waals surface area contributed by atoms with Gasteiger partial charge in [-0.3, -0.25) is 10.1 Å². The van der Waals surface area contributed by atoms with Gasteiger partial charge in [-0.1, -0.05) is 19.9 Å². The first-order valence-electron chi connectivity index (χ1n) is 7.51. The fourth-order valence-electron chi connectivity index (χ4n) is 2.52. The molecule has 1 saturated heterocycles. The highest BCUT2D eigenvalue weighted by molar-refractivity contribution is 7.10. The third-order valence-electron chi connectivity index (χ3n) is 4.45. The SMILES string of the molecule is CC(C)C1NC(c2cccs2)N(CC(C)(C)N(C)C)C1=O. The van der Waals surface area contributed by atoms with Crippen LogP contribution in [-0.4, -0.2) is 47.9 Å². The van der Waals surface area contributed by atoms with E-state index in [1.807, 2.05) is 11.0 Å². The molecule has 2 heterocycles. The standard InChI is InChI=1S/C16H27N3OS/c1-11(2)13-15(20)19(10-16(3,4)18(5)6)14(17-13)12-8-7-9-21-12/h7-9,11,13-14,17H,10H2,1-6H3. The molecule has 0 bridgehead atoms. The highest BCUT2D eigenvalue weighted by atomic mass is 32.1. The van der Waals surface area contributed by atoms with Crippen LogP contribution in [0, 0.1) is 5.92 Å². The van der Waals surface area contributed by atoms with Crippen molar-refractivity contribution in [1.82, 2.24) is 15.1 Å². The van der Waals surface area contributed by atoms with Crippen molar-refractivity contribution in [2.75, 3.05) is 20.6 Å². The van der Waals surface area contributed by atoms with E-state index in [9.17, 15) is 4.79 Å². The largest absolute Gasteiger partial charge is 0.319 e. The van der Waals surface area contributed by atoms with Gasteiger partial charge in [-0.15, -0.1) is 11.3 Å². The van der Waals surface area contributed by atoms with Gasteiger partial charge in [0, 0.05) is 17.0 Å². The minimum atomic E-state index is -0.0879. The van der Waals surface area contributed by atoms with E-state index in [2.05, 4.69) is 63.5 Å². The van der Waals surface area contributed by atoms with Crippen LogP contribution in [-0.2, 0) is 4.79 Å². The third-order valence-corrected chi connectivity index (χ3v) is 5.37. The normalized spacial score (nSPS) is 23.6. The fraction of sp³-hybridized carbons (Fsp3) is 0.688. The van der Waals surface area contributed by atoms with Crippen LogP contribution in [0.4, 0.5) is 0 Å². The molecule has 1 N–H and O–H groups in total. The molecule has 0 aliphatic carbocycles. The zero-order valence-corrected chi connectivity index (χ0v) is 14.7. The summed E-state index contributed by atoms with van der Waals surface area (Å²) in [4.78, 5) is 18.2. The quantitative estimate of drug-likeness (QED) is 0.908. The first kappa shape index (κ1) is 16.5. The molecule has 5 heteroatoms. The summed E-state index contributed by atoms with van der Waals surface area (Å²) in [5.74, 6) is 0.519. The van der Waals surface area contributed by atoms with E-state index < -0.39 is 0 Å². The number of carbonyl (C=O) groups excluding carboxylic acids is 1. The second-order valence-corrected chi connectivity index (χ2v) is 7.96. The first-order valence-corrected chi connectivity index (χ1v) is 8.39. The summed E-state index contributed by atoms with van der Waals surface area (Å²) in [6.07, 6.45) is 0.00382. The van der Waals surface area contributed by atoms with Gasteiger partial charge in [-0.05, 0) is 45.3 Å². The van der Waals surface area contributed by atoms with Crippen molar-refractivity contribution in [3.8, 4) is 0 Å². The average molecular weight is 309 g/mol. The second kappa shape index (κ2) is 6.07. The van der Waals surface area contributed by atoms with Gasteiger partial charge in [0.25, 0.3) is 0 Å². The number of likely N-dealkylation sites (N-methyl/N-ethyl adjacent to an activating group) is 1. The number of nitrogens with zero attached hydrogens (tertiary/aromatic N) is 2. The van der Waals surface area contributed by atoms with Crippen molar-refractivity contribution in [2.24, 2.45) is 5.92 Å². The number of amides is 1. The molecule has 1 aromatic rings. The van der Waals surface area contributed by atoms with Gasteiger partial charge in [0.2, 0.25) is 5.91 Å². The molecule has 0 spiro atoms. The van der Waals surface area contributed by atoms with Gasteiger partial charge in [-0.2, -0.15) is 0 Å². The van der Waals surface area contributed by atoms with E-state index in [1.165, 1.54) is 4.88 Å². The maximum Gasteiger partial charge on any atom is 0.241 e. The fourth-order valence-corrected chi connectivity index (χ4v) is 3.32. The average Bonchev–Trinajstić information content (AvgIpc) is 2.98. The summed E-state index contributed by atoms with van der Waals surface area (Å²) >= 11 is 1.70. The lowest BCUT2D eigenvalue weighted by Crippen LogP contribution is -2.50. The number of rotatable bonds is 5. The van der Waals surface area contributed by atoms with E-state index >= 15 is 0 Å². The smallest absolute Gasteiger partial charge is 0.241 e. The molecule has 0 aromatic carbocycles. The Morgan fingerprint density at radius 2 is 2.10 bits per heavy atom. The molecule has 118 valence electrons. The zero-order chi connectivity index (χ0) is 15.8. The molecule has 1 fully saturated rings. The Kier molecular flexibility index (Phi) is 4.76. The van der Waals surface area contributed by atoms with Gasteiger partial charge >= 0.3 is 0 Å². The molecule has 1 amide bonds. The summed E-state index contributed by atoms with van der Waals surface area (Å²) in [6.45, 7) is 9.27. The van der Waals surface area contributed by atoms with Crippen LogP contribution in [0.5, 0.6) is 0 Å². The monoisotopic (exact) mass is 309 g/mol. The second-order valence-electron chi connectivity index (χ2n) is 6.98. The molecule has 0 radical (unpaired) electrons. The van der Waals surface area contributed by atoms with E-state index in [-0.39, 0.29) is 23.7 Å². The number of thiophene rings is 1. The van der Waals surface area contributed by atoms with Crippen LogP contribution in [0.2, 0.25) is 0 Å². The summed E-state index contributed by atoms with van der Waals surface area (Å²) < 4.78 is 0. The molecule has 2 atom stereocenters. The van der Waals surface area contributed by atoms with Gasteiger partial charge in [0.15, 0.2) is 0 Å². The molecular formula is C16H27N3OS. The van der Waals surface area contributed by atoms with Gasteiger partial charge < -0.3 is 9.80 Å². The van der Waals surface area contributed by atoms with E-state index in [4.69, 9.17) is 0 Å². The van der Waals surface area contributed by atoms with Gasteiger partial charge in [0.05, 0.1) is 6.04 Å². The van der Waals surface area contributed by atoms with Crippen molar-refractivity contribution < 1.29 is 4.79 Å². The maximum absolute atomic E-state index is 12.8. The predicted octanol–water partition coefficient (Wildman–Crippen LogP) is 2.54. The molecule has 2 rings (SSSR count). The Balaban J connectivity index is 2.27. The van der Waals surface area contributed by atoms with Crippen molar-refractivity contribution in [2.45, 2.75) is 45.4 Å². The highest BCUT2D eigenvalue weighted by Crippen LogP contribution is 2.32. The van der Waals surface area contributed by atoms with Crippen molar-refractivity contribution >= 4 is 17.2 Å². The van der Waals surface area contributed by atoms with Gasteiger partial charge in [0.1, 0.15) is 6.17 Å². The van der Waals surface area contributed by atoms with E-state index in [0.29, 0.717) is 5.92 Å². The topological polar surface area (TPSA) is 35.6 Å². The number of hydrogen-bond acceptors (Lipinski definition) is 4. The van der Waals surface area contributed by atoms with Crippen LogP contribution in [0.15, 0.2) is 17.5 Å². The minimum Gasteiger partial charge on any atom is -0.319 e. The molecule has 2 unspecified atom stereocenters. The van der Waals surface area contributed by atoms with Crippen molar-refractivity contribution in [3.63, 3.8) is 0 Å². The molecule has 1 aliphatic rings. The summed E-state index contributed by atoms with van der Waals surface area (Å²) in [7, 11) is 4.13. The first-order chi connectivity index (χ1) is 9.74. The van der Waals surface area contributed by atoms with E-state index in [1.54, 1.807) is 11.3 Å². The lowest BCUT2D eigenvalue weighted by molar-refractivity contribution is -0.132. The summed E-state index contributed by atoms with van der Waals surface area (Å²) in [6, 6.07) is 4.06. The van der Waals surface area contributed by atoms with Crippen LogP contribution in [0.1, 0.15) is 38.7 Å². The Morgan fingerprint density at radius 3 is 2.57 bits per heavy atom. The van der Waals surface area contributed by atoms with Crippen LogP contribution < -0.4 is 5.32 Å². The lowest BCUT2D eigenvalue weighted by Gasteiger charge is -2.38. The number of nitrogens with one attached hydrogen (secondary N) is 1. The third kappa shape index (κ3) is 3.30. The molecular weight excluding hydrogens is 282 g/mol. The maximum atomic E-state index is 12.8. The van der Waals surface area contributed by atoms with E-state index in [0.717, 1.165) is 6.54 Å². The van der Waals surface area contributed by atoms with Crippen LogP contribution in [0.25, 0.3) is 0 Å². The number of hydrogen-bond donors (Lipinski definition) is 1. The van der Waals surface area contributed by atoms with Crippen LogP contribution in [0.3, 0.4) is 0 Å². The zero-order valence-electron chi connectivity index (χ0n) is 13.9. The minimum absolute atomic E-state index is 0.00382. The Morgan fingerprint density at radius 1 is 1.43 bits per heavy atom. The molecule has 0 saturated carbocycles. The Bertz CT molecular complexity index is 482. The summed E-state index contributed by atoms with van der Waals surface area (Å²) in [5, 5.41) is 5.59. The number of carbonyl (C=O) groups is 1. The molecule has 21 heavy (non-hydrogen) atoms. The Hall–Kier alpha value is -0.910. The predicted molar refractivity (Wildman–Crippen MR) is 88.3 cm³/mol. The summed E-state index contributed by atoms with van der Waals surface area (Å²) in [5.41, 5.74) is -0.0568. The Labute approximate surface area is 132 Å². The van der Waals surface area contributed by atoms with Crippen LogP contribution >= 0.6 is 11.3 Å². The van der Waals surface area contributed by atoms with Gasteiger partial charge in [-0.25, -0.2) is 0 Å². The highest BCUT2D eigenvalue weighted by Gasteiger charge is 2.43.